The number of rotatable bonds is 1. The van der Waals surface area contributed by atoms with E-state index in [0.29, 0.717) is 6.04 Å². The monoisotopic (exact) mass is 248 g/mol. The Morgan fingerprint density at radius 3 is 2.61 bits per heavy atom. The number of nitrogens with zero attached hydrogens (tertiary/aromatic N) is 2. The maximum atomic E-state index is 6.21. The molecule has 1 aliphatic heterocycles. The summed E-state index contributed by atoms with van der Waals surface area (Å²) >= 11 is 0. The Hall–Kier alpha value is -0.830. The molecule has 1 fully saturated rings. The summed E-state index contributed by atoms with van der Waals surface area (Å²) in [6.45, 7) is 8.81. The second-order valence-electron chi connectivity index (χ2n) is 6.94. The maximum Gasteiger partial charge on any atom is 0.0955 e. The first kappa shape index (κ1) is 12.2. The number of imidazole rings is 1. The van der Waals surface area contributed by atoms with Gasteiger partial charge in [0.25, 0.3) is 0 Å². The summed E-state index contributed by atoms with van der Waals surface area (Å²) in [5.74, 6) is 0. The molecule has 0 amide bonds. The minimum absolute atomic E-state index is 0.0278. The van der Waals surface area contributed by atoms with Gasteiger partial charge in [-0.1, -0.05) is 0 Å². The summed E-state index contributed by atoms with van der Waals surface area (Å²) in [5, 5.41) is 0. The molecule has 1 atom stereocenters. The zero-order chi connectivity index (χ0) is 13.0. The Balaban J connectivity index is 1.98. The van der Waals surface area contributed by atoms with Crippen LogP contribution in [-0.4, -0.2) is 20.8 Å². The van der Waals surface area contributed by atoms with Crippen LogP contribution in [0.15, 0.2) is 6.33 Å². The van der Waals surface area contributed by atoms with E-state index in [1.165, 1.54) is 30.7 Å². The Bertz CT molecular complexity index is 459. The van der Waals surface area contributed by atoms with Gasteiger partial charge in [0.2, 0.25) is 0 Å². The van der Waals surface area contributed by atoms with Crippen molar-refractivity contribution in [1.29, 1.82) is 0 Å². The van der Waals surface area contributed by atoms with Crippen LogP contribution in [-0.2, 0) is 17.6 Å². The van der Waals surface area contributed by atoms with Crippen molar-refractivity contribution in [3.8, 4) is 0 Å². The lowest BCUT2D eigenvalue weighted by atomic mass is 9.93. The molecule has 1 aromatic heterocycles. The van der Waals surface area contributed by atoms with Crippen LogP contribution in [0.2, 0.25) is 0 Å². The summed E-state index contributed by atoms with van der Waals surface area (Å²) in [6, 6.07) is 0.418. The summed E-state index contributed by atoms with van der Waals surface area (Å²) in [4.78, 5) is 4.62. The average molecular weight is 248 g/mol. The van der Waals surface area contributed by atoms with E-state index in [1.54, 1.807) is 0 Å². The minimum atomic E-state index is -0.102. The van der Waals surface area contributed by atoms with Gasteiger partial charge in [0.05, 0.1) is 29.3 Å². The molecule has 3 heteroatoms. The predicted molar refractivity (Wildman–Crippen MR) is 71.8 cm³/mol. The molecule has 1 aromatic rings. The summed E-state index contributed by atoms with van der Waals surface area (Å²) in [7, 11) is 0. The van der Waals surface area contributed by atoms with Crippen LogP contribution in [0.5, 0.6) is 0 Å². The fourth-order valence-electron chi connectivity index (χ4n) is 3.73. The normalized spacial score (nSPS) is 29.2. The molecule has 18 heavy (non-hydrogen) atoms. The molecule has 100 valence electrons. The quantitative estimate of drug-likeness (QED) is 0.762. The van der Waals surface area contributed by atoms with E-state index in [9.17, 15) is 0 Å². The molecule has 1 unspecified atom stereocenters. The number of aryl methyl sites for hydroxylation is 1. The van der Waals surface area contributed by atoms with Gasteiger partial charge in [0.15, 0.2) is 0 Å². The highest BCUT2D eigenvalue weighted by Crippen LogP contribution is 2.45. The van der Waals surface area contributed by atoms with Crippen molar-refractivity contribution in [2.75, 3.05) is 0 Å². The minimum Gasteiger partial charge on any atom is -0.367 e. The lowest BCUT2D eigenvalue weighted by molar-refractivity contribution is -0.0730. The Kier molecular flexibility index (Phi) is 2.60. The molecule has 0 saturated carbocycles. The van der Waals surface area contributed by atoms with Crippen molar-refractivity contribution >= 4 is 0 Å². The Morgan fingerprint density at radius 1 is 1.22 bits per heavy atom. The van der Waals surface area contributed by atoms with Gasteiger partial charge >= 0.3 is 0 Å². The number of ether oxygens (including phenoxy) is 1. The molecule has 1 saturated heterocycles. The SMILES string of the molecule is CC1(C)CC(n2cnc3c2CCCC3)C(C)(C)O1. The van der Waals surface area contributed by atoms with Crippen LogP contribution in [0.3, 0.4) is 0 Å². The third kappa shape index (κ3) is 1.89. The topological polar surface area (TPSA) is 27.1 Å². The van der Waals surface area contributed by atoms with Gasteiger partial charge in [-0.2, -0.15) is 0 Å². The predicted octanol–water partition coefficient (Wildman–Crippen LogP) is 3.28. The third-order valence-electron chi connectivity index (χ3n) is 4.42. The lowest BCUT2D eigenvalue weighted by Crippen LogP contribution is -2.31. The zero-order valence-corrected chi connectivity index (χ0v) is 12.0. The summed E-state index contributed by atoms with van der Waals surface area (Å²) < 4.78 is 8.62. The van der Waals surface area contributed by atoms with Crippen LogP contribution in [0, 0.1) is 0 Å². The molecule has 0 bridgehead atoms. The maximum absolute atomic E-state index is 6.21. The van der Waals surface area contributed by atoms with Gasteiger partial charge in [-0.15, -0.1) is 0 Å². The van der Waals surface area contributed by atoms with Crippen molar-refractivity contribution < 1.29 is 4.74 Å². The molecular weight excluding hydrogens is 224 g/mol. The van der Waals surface area contributed by atoms with Crippen LogP contribution in [0.25, 0.3) is 0 Å². The van der Waals surface area contributed by atoms with Gasteiger partial charge < -0.3 is 9.30 Å². The largest absolute Gasteiger partial charge is 0.367 e. The Labute approximate surface area is 110 Å². The molecule has 0 aromatic carbocycles. The molecule has 0 N–H and O–H groups in total. The van der Waals surface area contributed by atoms with Crippen LogP contribution in [0.1, 0.15) is 64.4 Å². The highest BCUT2D eigenvalue weighted by Gasteiger charge is 2.47. The molecule has 3 rings (SSSR count). The smallest absolute Gasteiger partial charge is 0.0955 e. The van der Waals surface area contributed by atoms with E-state index in [-0.39, 0.29) is 11.2 Å². The fourth-order valence-corrected chi connectivity index (χ4v) is 3.73. The third-order valence-corrected chi connectivity index (χ3v) is 4.42. The second-order valence-corrected chi connectivity index (χ2v) is 6.94. The zero-order valence-electron chi connectivity index (χ0n) is 12.0. The van der Waals surface area contributed by atoms with E-state index < -0.39 is 0 Å². The first-order valence-electron chi connectivity index (χ1n) is 7.14. The Morgan fingerprint density at radius 2 is 1.94 bits per heavy atom. The summed E-state index contributed by atoms with van der Waals surface area (Å²) in [5.41, 5.74) is 2.65. The van der Waals surface area contributed by atoms with Crippen LogP contribution >= 0.6 is 0 Å². The molecule has 0 radical (unpaired) electrons. The molecule has 2 aliphatic rings. The van der Waals surface area contributed by atoms with Gasteiger partial charge in [-0.05, 0) is 59.8 Å². The van der Waals surface area contributed by atoms with Gasteiger partial charge in [0, 0.05) is 5.69 Å². The van der Waals surface area contributed by atoms with Crippen molar-refractivity contribution in [3.05, 3.63) is 17.7 Å². The van der Waals surface area contributed by atoms with E-state index in [1.807, 2.05) is 6.33 Å². The van der Waals surface area contributed by atoms with Crippen molar-refractivity contribution in [1.82, 2.24) is 9.55 Å². The number of aromatic nitrogens is 2. The second kappa shape index (κ2) is 3.83. The molecule has 1 aliphatic carbocycles. The van der Waals surface area contributed by atoms with Crippen molar-refractivity contribution in [2.45, 2.75) is 77.0 Å². The highest BCUT2D eigenvalue weighted by atomic mass is 16.5. The number of hydrogen-bond donors (Lipinski definition) is 0. The molecule has 0 spiro atoms. The average Bonchev–Trinajstić information content (AvgIpc) is 2.76. The van der Waals surface area contributed by atoms with Crippen LogP contribution < -0.4 is 0 Å². The fraction of sp³-hybridized carbons (Fsp3) is 0.800. The van der Waals surface area contributed by atoms with Crippen molar-refractivity contribution in [2.24, 2.45) is 0 Å². The van der Waals surface area contributed by atoms with Gasteiger partial charge in [-0.25, -0.2) is 4.98 Å². The molecular formula is C15H24N2O. The van der Waals surface area contributed by atoms with Gasteiger partial charge in [-0.3, -0.25) is 0 Å². The van der Waals surface area contributed by atoms with E-state index in [0.717, 1.165) is 12.8 Å². The first-order chi connectivity index (χ1) is 8.39. The van der Waals surface area contributed by atoms with Crippen molar-refractivity contribution in [3.63, 3.8) is 0 Å². The number of fused-ring (bicyclic) bond motifs is 1. The van der Waals surface area contributed by atoms with Crippen LogP contribution in [0.4, 0.5) is 0 Å². The van der Waals surface area contributed by atoms with E-state index in [4.69, 9.17) is 4.74 Å². The van der Waals surface area contributed by atoms with E-state index >= 15 is 0 Å². The lowest BCUT2D eigenvalue weighted by Gasteiger charge is -2.29. The first-order valence-corrected chi connectivity index (χ1v) is 7.14. The van der Waals surface area contributed by atoms with E-state index in [2.05, 4.69) is 37.2 Å². The molecule has 2 heterocycles. The van der Waals surface area contributed by atoms with Gasteiger partial charge in [0.1, 0.15) is 0 Å². The molecule has 3 nitrogen and oxygen atoms in total. The number of hydrogen-bond acceptors (Lipinski definition) is 2. The standard InChI is InChI=1S/C15H24N2O/c1-14(2)9-13(15(3,4)18-14)17-10-16-11-7-5-6-8-12(11)17/h10,13H,5-9H2,1-4H3. The summed E-state index contributed by atoms with van der Waals surface area (Å²) in [6.07, 6.45) is 8.05. The highest BCUT2D eigenvalue weighted by molar-refractivity contribution is 5.19.